The van der Waals surface area contributed by atoms with Crippen LogP contribution in [0, 0.1) is 11.6 Å². The van der Waals surface area contributed by atoms with Crippen LogP contribution < -0.4 is 4.74 Å². The molecule has 0 radical (unpaired) electrons. The number of aromatic nitrogens is 7. The monoisotopic (exact) mass is 397 g/mol. The minimum Gasteiger partial charge on any atom is -0.466 e. The molecule has 3 aromatic heterocycles. The zero-order valence-corrected chi connectivity index (χ0v) is 15.5. The van der Waals surface area contributed by atoms with Crippen LogP contribution in [0.3, 0.4) is 0 Å². The number of hydrogen-bond acceptors (Lipinski definition) is 6. The van der Waals surface area contributed by atoms with E-state index in [0.29, 0.717) is 23.1 Å². The van der Waals surface area contributed by atoms with Crippen molar-refractivity contribution in [3.8, 4) is 11.6 Å². The number of nitrogens with zero attached hydrogens (tertiary/aromatic N) is 6. The van der Waals surface area contributed by atoms with E-state index in [4.69, 9.17) is 4.74 Å². The Hall–Kier alpha value is -3.43. The molecule has 1 atom stereocenters. The number of H-pyrrole nitrogens is 1. The molecule has 0 amide bonds. The molecule has 1 unspecified atom stereocenters. The Labute approximate surface area is 163 Å². The predicted octanol–water partition coefficient (Wildman–Crippen LogP) is 3.62. The van der Waals surface area contributed by atoms with E-state index in [1.54, 1.807) is 0 Å². The first kappa shape index (κ1) is 17.7. The average molecular weight is 397 g/mol. The number of hydrogen-bond donors (Lipinski definition) is 1. The van der Waals surface area contributed by atoms with Crippen LogP contribution >= 0.6 is 0 Å². The molecule has 1 fully saturated rings. The lowest BCUT2D eigenvalue weighted by molar-refractivity contribution is 0.202. The maximum absolute atomic E-state index is 14.3. The Kier molecular flexibility index (Phi) is 4.18. The van der Waals surface area contributed by atoms with E-state index in [-0.39, 0.29) is 11.3 Å². The smallest absolute Gasteiger partial charge is 0.219 e. The zero-order chi connectivity index (χ0) is 20.0. The van der Waals surface area contributed by atoms with Gasteiger partial charge in [0.15, 0.2) is 29.2 Å². The van der Waals surface area contributed by atoms with Gasteiger partial charge in [-0.3, -0.25) is 5.10 Å². The third-order valence-electron chi connectivity index (χ3n) is 5.22. The van der Waals surface area contributed by atoms with Crippen molar-refractivity contribution < 1.29 is 13.5 Å². The number of fused-ring (bicyclic) bond motifs is 1. The second-order valence-electron chi connectivity index (χ2n) is 7.06. The molecule has 3 heterocycles. The predicted molar refractivity (Wildman–Crippen MR) is 98.6 cm³/mol. The summed E-state index contributed by atoms with van der Waals surface area (Å²) < 4.78 is 35.7. The molecule has 10 heteroatoms. The van der Waals surface area contributed by atoms with E-state index in [1.807, 2.05) is 13.0 Å². The van der Waals surface area contributed by atoms with Gasteiger partial charge in [-0.05, 0) is 43.9 Å². The number of ether oxygens (including phenoxy) is 1. The third kappa shape index (κ3) is 3.00. The molecule has 4 aromatic rings. The van der Waals surface area contributed by atoms with E-state index < -0.39 is 17.7 Å². The molecule has 5 rings (SSSR count). The lowest BCUT2D eigenvalue weighted by Crippen LogP contribution is -2.14. The zero-order valence-electron chi connectivity index (χ0n) is 15.5. The molecule has 148 valence electrons. The summed E-state index contributed by atoms with van der Waals surface area (Å²) in [7, 11) is 0. The molecular formula is C19H17F2N7O. The Morgan fingerprint density at radius 3 is 2.69 bits per heavy atom. The Bertz CT molecular complexity index is 1150. The number of aromatic amines is 1. The number of benzene rings is 1. The van der Waals surface area contributed by atoms with Gasteiger partial charge >= 0.3 is 0 Å². The van der Waals surface area contributed by atoms with Crippen LogP contribution in [0.1, 0.15) is 49.6 Å². The minimum atomic E-state index is -0.751. The molecule has 0 spiro atoms. The van der Waals surface area contributed by atoms with Gasteiger partial charge in [-0.2, -0.15) is 14.8 Å². The summed E-state index contributed by atoms with van der Waals surface area (Å²) >= 11 is 0. The van der Waals surface area contributed by atoms with Gasteiger partial charge in [0.25, 0.3) is 0 Å². The summed E-state index contributed by atoms with van der Waals surface area (Å²) in [6.45, 7) is 1.82. The SMILES string of the molecule is CC(Oc1nc2c(cc1C1CCC1)nnn2-c1c(F)cccc1F)c1ncn[nH]1. The van der Waals surface area contributed by atoms with Gasteiger partial charge in [0.05, 0.1) is 0 Å². The number of para-hydroxylation sites is 1. The maximum Gasteiger partial charge on any atom is 0.219 e. The molecule has 0 saturated heterocycles. The second-order valence-corrected chi connectivity index (χ2v) is 7.06. The van der Waals surface area contributed by atoms with E-state index >= 15 is 0 Å². The first-order valence-corrected chi connectivity index (χ1v) is 9.34. The summed E-state index contributed by atoms with van der Waals surface area (Å²) in [6, 6.07) is 5.47. The van der Waals surface area contributed by atoms with Gasteiger partial charge in [0, 0.05) is 5.56 Å². The van der Waals surface area contributed by atoms with Crippen molar-refractivity contribution in [2.24, 2.45) is 0 Å². The molecule has 8 nitrogen and oxygen atoms in total. The van der Waals surface area contributed by atoms with Crippen molar-refractivity contribution in [3.05, 3.63) is 53.6 Å². The fourth-order valence-corrected chi connectivity index (χ4v) is 3.44. The van der Waals surface area contributed by atoms with Crippen LogP contribution in [0.2, 0.25) is 0 Å². The van der Waals surface area contributed by atoms with Gasteiger partial charge in [-0.1, -0.05) is 17.7 Å². The summed E-state index contributed by atoms with van der Waals surface area (Å²) in [4.78, 5) is 8.68. The number of nitrogens with one attached hydrogen (secondary N) is 1. The topological polar surface area (TPSA) is 94.4 Å². The third-order valence-corrected chi connectivity index (χ3v) is 5.22. The van der Waals surface area contributed by atoms with Crippen molar-refractivity contribution >= 4 is 11.2 Å². The van der Waals surface area contributed by atoms with Gasteiger partial charge < -0.3 is 4.74 Å². The van der Waals surface area contributed by atoms with E-state index in [1.165, 1.54) is 12.4 Å². The molecule has 1 saturated carbocycles. The lowest BCUT2D eigenvalue weighted by Gasteiger charge is -2.27. The van der Waals surface area contributed by atoms with Crippen LogP contribution in [0.15, 0.2) is 30.6 Å². The molecular weight excluding hydrogens is 380 g/mol. The van der Waals surface area contributed by atoms with E-state index in [2.05, 4.69) is 30.5 Å². The number of rotatable bonds is 5. The number of pyridine rings is 1. The van der Waals surface area contributed by atoms with Crippen LogP contribution in [0.25, 0.3) is 16.9 Å². The van der Waals surface area contributed by atoms with Crippen LogP contribution in [0.5, 0.6) is 5.88 Å². The highest BCUT2D eigenvalue weighted by molar-refractivity contribution is 5.74. The normalized spacial score (nSPS) is 15.4. The van der Waals surface area contributed by atoms with E-state index in [0.717, 1.165) is 41.6 Å². The van der Waals surface area contributed by atoms with Gasteiger partial charge in [0.2, 0.25) is 5.88 Å². The molecule has 1 N–H and O–H groups in total. The maximum atomic E-state index is 14.3. The van der Waals surface area contributed by atoms with Gasteiger partial charge in [-0.25, -0.2) is 13.8 Å². The summed E-state index contributed by atoms with van der Waals surface area (Å²) in [5.74, 6) is -0.262. The summed E-state index contributed by atoms with van der Waals surface area (Å²) in [5, 5.41) is 14.6. The van der Waals surface area contributed by atoms with Crippen molar-refractivity contribution in [1.29, 1.82) is 0 Å². The molecule has 1 aromatic carbocycles. The summed E-state index contributed by atoms with van der Waals surface area (Å²) in [5.41, 5.74) is 1.26. The lowest BCUT2D eigenvalue weighted by atomic mass is 9.80. The fraction of sp³-hybridized carbons (Fsp3) is 0.316. The fourth-order valence-electron chi connectivity index (χ4n) is 3.44. The standard InChI is InChI=1S/C19H17F2N7O/c1-10(17-22-9-23-26-17)29-19-12(11-4-2-5-11)8-15-18(24-19)28(27-25-15)16-13(20)6-3-7-14(16)21/h3,6-11H,2,4-5H2,1H3,(H,22,23,26). The van der Waals surface area contributed by atoms with Gasteiger partial charge in [0.1, 0.15) is 17.5 Å². The second kappa shape index (κ2) is 6.87. The van der Waals surface area contributed by atoms with Crippen molar-refractivity contribution in [2.45, 2.75) is 38.2 Å². The highest BCUT2D eigenvalue weighted by Crippen LogP contribution is 2.42. The molecule has 0 bridgehead atoms. The minimum absolute atomic E-state index is 0.219. The molecule has 0 aliphatic heterocycles. The molecule has 29 heavy (non-hydrogen) atoms. The summed E-state index contributed by atoms with van der Waals surface area (Å²) in [6.07, 6.45) is 4.15. The highest BCUT2D eigenvalue weighted by Gasteiger charge is 2.28. The quantitative estimate of drug-likeness (QED) is 0.553. The average Bonchev–Trinajstić information content (AvgIpc) is 3.31. The highest BCUT2D eigenvalue weighted by atomic mass is 19.1. The Morgan fingerprint density at radius 2 is 2.03 bits per heavy atom. The Balaban J connectivity index is 1.64. The van der Waals surface area contributed by atoms with Crippen LogP contribution in [-0.2, 0) is 0 Å². The first-order valence-electron chi connectivity index (χ1n) is 9.34. The van der Waals surface area contributed by atoms with Gasteiger partial charge in [-0.15, -0.1) is 5.10 Å². The van der Waals surface area contributed by atoms with Crippen LogP contribution in [-0.4, -0.2) is 35.2 Å². The number of halogens is 2. The van der Waals surface area contributed by atoms with E-state index in [9.17, 15) is 8.78 Å². The molecule has 1 aliphatic carbocycles. The molecule has 1 aliphatic rings. The first-order chi connectivity index (χ1) is 14.1. The largest absolute Gasteiger partial charge is 0.466 e. The Morgan fingerprint density at radius 1 is 1.24 bits per heavy atom. The van der Waals surface area contributed by atoms with Crippen LogP contribution in [0.4, 0.5) is 8.78 Å². The van der Waals surface area contributed by atoms with Crippen molar-refractivity contribution in [1.82, 2.24) is 35.2 Å². The van der Waals surface area contributed by atoms with Crippen molar-refractivity contribution in [3.63, 3.8) is 0 Å². The van der Waals surface area contributed by atoms with Crippen molar-refractivity contribution in [2.75, 3.05) is 0 Å².